The van der Waals surface area contributed by atoms with Crippen molar-refractivity contribution < 1.29 is 180 Å². The van der Waals surface area contributed by atoms with E-state index in [0.29, 0.717) is 11.3 Å². The topological polar surface area (TPSA) is 571 Å². The van der Waals surface area contributed by atoms with Crippen LogP contribution in [0.15, 0.2) is 48.5 Å². The number of hydrogen-bond donors (Lipinski definition) is 6. The first-order chi connectivity index (χ1) is 64.7. The quantitative estimate of drug-likeness (QED) is 0.0230. The summed E-state index contributed by atoms with van der Waals surface area (Å²) >= 11 is 0. The van der Waals surface area contributed by atoms with Crippen molar-refractivity contribution in [3.8, 4) is 22.9 Å². The highest BCUT2D eigenvalue weighted by atomic mass is 31.2. The Morgan fingerprint density at radius 1 is 0.382 bits per heavy atom. The summed E-state index contributed by atoms with van der Waals surface area (Å²) in [5.41, 5.74) is 2.20. The molecule has 0 bridgehead atoms. The fourth-order valence-electron chi connectivity index (χ4n) is 14.1. The SMILES string of the molecule is CC(=O)N[C@H]1[C@H](OCCOCCOCCNC(=O)CN(CC(=O)NCCOCCOCCO[C@@H]2O[C@H](COC(C)=O)[C@H](OC(C)=O)[C@H](OC(C)=O)[C@H]2NC(C)=O)C(Cc2ccc(-c3ccc(OP(OCCC#N)N(C(C)C)C(C)C)cc3)cc2)C(=O)NCCOCCOCCO[C@@H]2O[C@H](COC(C)=O)[C@H](OC(C)=O)[C@H](OC(C)=O)[C@H]2NC(C)=O)O[C@H](COC(C)=O)[C@H](OC(C)=O)[C@@H]1OC(C)=O. The molecule has 3 fully saturated rings. The van der Waals surface area contributed by atoms with Gasteiger partial charge in [0.05, 0.1) is 137 Å². The molecule has 0 saturated carbocycles. The first-order valence-corrected chi connectivity index (χ1v) is 45.4. The summed E-state index contributed by atoms with van der Waals surface area (Å²) in [6, 6.07) is 12.0. The number of amides is 6. The summed E-state index contributed by atoms with van der Waals surface area (Å²) in [6.45, 7) is 18.6. The number of nitrogens with zero attached hydrogens (tertiary/aromatic N) is 3. The van der Waals surface area contributed by atoms with Crippen LogP contribution in [-0.4, -0.2) is 367 Å². The molecule has 2 unspecified atom stereocenters. The lowest BCUT2D eigenvalue weighted by Gasteiger charge is -2.44. The van der Waals surface area contributed by atoms with E-state index in [0.717, 1.165) is 73.4 Å². The van der Waals surface area contributed by atoms with E-state index >= 15 is 0 Å². The van der Waals surface area contributed by atoms with Gasteiger partial charge < -0.3 is 140 Å². The Morgan fingerprint density at radius 3 is 0.985 bits per heavy atom. The van der Waals surface area contributed by atoms with Crippen LogP contribution in [-0.2, 0) is 182 Å². The molecule has 5 rings (SSSR count). The van der Waals surface area contributed by atoms with Gasteiger partial charge in [-0.25, -0.2) is 4.67 Å². The molecule has 762 valence electrons. The molecule has 6 amide bonds. The maximum Gasteiger partial charge on any atom is 0.321 e. The molecular weight excluding hydrogens is 1820 g/mol. The van der Waals surface area contributed by atoms with Crippen LogP contribution in [0.3, 0.4) is 0 Å². The molecule has 3 aliphatic heterocycles. The van der Waals surface area contributed by atoms with Gasteiger partial charge in [0, 0.05) is 115 Å². The van der Waals surface area contributed by atoms with Gasteiger partial charge in [-0.1, -0.05) is 36.4 Å². The highest BCUT2D eigenvalue weighted by molar-refractivity contribution is 7.45. The lowest BCUT2D eigenvalue weighted by Crippen LogP contribution is -2.66. The Hall–Kier alpha value is -10.4. The van der Waals surface area contributed by atoms with Gasteiger partial charge in [0.2, 0.25) is 35.4 Å². The second kappa shape index (κ2) is 63.2. The fourth-order valence-corrected chi connectivity index (χ4v) is 15.7. The summed E-state index contributed by atoms with van der Waals surface area (Å²) in [7, 11) is -1.60. The fraction of sp³-hybridized carbons (Fsp3) is 0.682. The van der Waals surface area contributed by atoms with Gasteiger partial charge >= 0.3 is 62.2 Å². The highest BCUT2D eigenvalue weighted by Crippen LogP contribution is 2.47. The summed E-state index contributed by atoms with van der Waals surface area (Å²) in [5, 5.41) is 25.6. The number of ether oxygens (including phenoxy) is 21. The molecule has 0 aliphatic carbocycles. The predicted molar refractivity (Wildman–Crippen MR) is 471 cm³/mol. The molecular formula is C88H132N9O38P. The predicted octanol–water partition coefficient (Wildman–Crippen LogP) is 0.688. The van der Waals surface area contributed by atoms with E-state index in [4.69, 9.17) is 109 Å². The number of nitriles is 1. The van der Waals surface area contributed by atoms with Gasteiger partial charge in [-0.15, -0.1) is 0 Å². The summed E-state index contributed by atoms with van der Waals surface area (Å²) < 4.78 is 134. The van der Waals surface area contributed by atoms with Gasteiger partial charge in [0.1, 0.15) is 62.0 Å². The average molecular weight is 1960 g/mol. The summed E-state index contributed by atoms with van der Waals surface area (Å²) in [4.78, 5) is 192. The normalized spacial score (nSPS) is 21.7. The monoisotopic (exact) mass is 1950 g/mol. The zero-order chi connectivity index (χ0) is 100. The minimum atomic E-state index is -1.60. The summed E-state index contributed by atoms with van der Waals surface area (Å²) in [5.74, 6) is -9.82. The van der Waals surface area contributed by atoms with Crippen LogP contribution in [0, 0.1) is 11.3 Å². The van der Waals surface area contributed by atoms with Crippen molar-refractivity contribution in [2.75, 3.05) is 158 Å². The molecule has 47 nitrogen and oxygen atoms in total. The van der Waals surface area contributed by atoms with E-state index in [-0.39, 0.29) is 150 Å². The van der Waals surface area contributed by atoms with Crippen LogP contribution in [0.2, 0.25) is 0 Å². The van der Waals surface area contributed by atoms with E-state index in [1.165, 1.54) is 25.7 Å². The molecule has 6 N–H and O–H groups in total. The minimum absolute atomic E-state index is 0.00479. The van der Waals surface area contributed by atoms with E-state index in [1.54, 1.807) is 0 Å². The van der Waals surface area contributed by atoms with Crippen molar-refractivity contribution in [1.29, 1.82) is 5.26 Å². The second-order valence-electron chi connectivity index (χ2n) is 31.4. The third-order valence-electron chi connectivity index (χ3n) is 19.4. The third kappa shape index (κ3) is 44.4. The molecule has 0 radical (unpaired) electrons. The molecule has 0 aromatic heterocycles. The standard InChI is InChI=1S/C88H132N9O38P/c1-52(2)97(53(3)4)136(125-30-17-26-89)135-69-24-22-68(23-25-69)67-20-18-66(19-21-67)46-70(85(112)92-29-33-115-36-39-118-42-45-121-88-78(95-56(7)100)84(131-65(16)109)81(128-62(13)106)73(134-88)51-124-59(10)103)96(47-74(110)90-27-31-113-34-37-116-40-43-119-86-76(93-54(5)98)82(129-63(14)107)79(126-60(11)104)71(132-86)49-122-57(8)101)48-75(111)91-28-32-114-35-38-117-41-44-120-87-77(94-55(6)99)83(130-64(15)108)80(127-61(12)105)72(133-87)50-123-58(9)102/h18-25,52-53,70-73,76-84,86-88H,17,27-51H2,1-16H3,(H,90,110)(H,91,111)(H,92,112)(H,93,98)(H,94,99)(H,95,100)/t70?,71-,72-,73-,76-,77-,78-,79+,80+,81+,82-,83-,84-,86-,87-,88-,136?/m1/s1. The Bertz CT molecular complexity index is 4020. The van der Waals surface area contributed by atoms with Gasteiger partial charge in [0.15, 0.2) is 55.5 Å². The van der Waals surface area contributed by atoms with Crippen molar-refractivity contribution in [3.05, 3.63) is 54.1 Å². The lowest BCUT2D eigenvalue weighted by molar-refractivity contribution is -0.279. The molecule has 3 aliphatic rings. The molecule has 3 heterocycles. The van der Waals surface area contributed by atoms with Crippen LogP contribution >= 0.6 is 8.53 Å². The van der Waals surface area contributed by atoms with Gasteiger partial charge in [-0.3, -0.25) is 76.8 Å². The molecule has 2 aromatic carbocycles. The van der Waals surface area contributed by atoms with Crippen molar-refractivity contribution in [2.24, 2.45) is 0 Å². The Balaban J connectivity index is 1.32. The van der Waals surface area contributed by atoms with Gasteiger partial charge in [0.25, 0.3) is 0 Å². The van der Waals surface area contributed by atoms with Crippen LogP contribution in [0.25, 0.3) is 11.1 Å². The molecule has 2 aromatic rings. The maximum absolute atomic E-state index is 14.9. The first-order valence-electron chi connectivity index (χ1n) is 44.3. The minimum Gasteiger partial charge on any atom is -0.463 e. The number of hydrogen-bond acceptors (Lipinski definition) is 41. The Labute approximate surface area is 790 Å². The second-order valence-corrected chi connectivity index (χ2v) is 32.8. The molecule has 3 saturated heterocycles. The largest absolute Gasteiger partial charge is 0.463 e. The lowest BCUT2D eigenvalue weighted by atomic mass is 9.96. The number of nitrogens with one attached hydrogen (secondary N) is 6. The van der Waals surface area contributed by atoms with E-state index in [1.807, 2.05) is 76.2 Å². The van der Waals surface area contributed by atoms with E-state index in [9.17, 15) is 77.2 Å². The van der Waals surface area contributed by atoms with Crippen LogP contribution < -0.4 is 36.4 Å². The average Bonchev–Trinajstić information content (AvgIpc) is 0.791. The number of rotatable bonds is 62. The third-order valence-corrected chi connectivity index (χ3v) is 21.5. The zero-order valence-electron chi connectivity index (χ0n) is 79.7. The van der Waals surface area contributed by atoms with Gasteiger partial charge in [-0.05, 0) is 62.9 Å². The number of carbonyl (C=O) groups excluding carboxylic acids is 15. The number of esters is 9. The van der Waals surface area contributed by atoms with Crippen molar-refractivity contribution >= 4 is 97.7 Å². The highest BCUT2D eigenvalue weighted by Gasteiger charge is 2.55. The van der Waals surface area contributed by atoms with Crippen molar-refractivity contribution in [2.45, 2.75) is 234 Å². The first kappa shape index (κ1) is 116. The Morgan fingerprint density at radius 2 is 0.684 bits per heavy atom. The zero-order valence-corrected chi connectivity index (χ0v) is 80.6. The maximum atomic E-state index is 14.9. The number of benzene rings is 2. The van der Waals surface area contributed by atoms with Crippen LogP contribution in [0.1, 0.15) is 123 Å². The van der Waals surface area contributed by atoms with Crippen molar-refractivity contribution in [1.82, 2.24) is 41.5 Å². The van der Waals surface area contributed by atoms with E-state index in [2.05, 4.69) is 42.6 Å². The smallest absolute Gasteiger partial charge is 0.321 e. The number of carbonyl (C=O) groups is 15. The van der Waals surface area contributed by atoms with Crippen LogP contribution in [0.4, 0.5) is 0 Å². The molecule has 0 spiro atoms. The van der Waals surface area contributed by atoms with Gasteiger partial charge in [-0.2, -0.15) is 5.26 Å². The Kier molecular flexibility index (Phi) is 53.9. The molecule has 48 heteroatoms. The van der Waals surface area contributed by atoms with Crippen LogP contribution in [0.5, 0.6) is 5.75 Å². The van der Waals surface area contributed by atoms with E-state index < -0.39 is 229 Å². The molecule has 136 heavy (non-hydrogen) atoms. The summed E-state index contributed by atoms with van der Waals surface area (Å²) in [6.07, 6.45) is -15.6. The van der Waals surface area contributed by atoms with Crippen molar-refractivity contribution in [3.63, 3.8) is 0 Å². The molecule has 17 atom stereocenters.